The van der Waals surface area contributed by atoms with Gasteiger partial charge in [-0.25, -0.2) is 4.98 Å². The smallest absolute Gasteiger partial charge is 0.185 e. The number of rotatable bonds is 6. The summed E-state index contributed by atoms with van der Waals surface area (Å²) in [7, 11) is 0. The third kappa shape index (κ3) is 3.29. The van der Waals surface area contributed by atoms with E-state index < -0.39 is 5.54 Å². The molecule has 1 aromatic heterocycles. The first-order valence-electron chi connectivity index (χ1n) is 9.89. The second-order valence-corrected chi connectivity index (χ2v) is 7.49. The highest BCUT2D eigenvalue weighted by Gasteiger charge is 2.38. The van der Waals surface area contributed by atoms with E-state index in [-0.39, 0.29) is 11.7 Å². The third-order valence-corrected chi connectivity index (χ3v) is 5.32. The first-order valence-corrected chi connectivity index (χ1v) is 9.89. The molecule has 0 amide bonds. The number of Topliss-reactive ketones (excluding diaryl/α,β-unsaturated/α-hetero) is 1. The topological polar surface area (TPSA) is 34.9 Å². The van der Waals surface area contributed by atoms with Crippen LogP contribution >= 0.6 is 0 Å². The van der Waals surface area contributed by atoms with Gasteiger partial charge in [0, 0.05) is 12.1 Å². The standard InChI is InChI=1S/C26H24N2O/c1-20(2)25(29)24-18-28(19-27-24)26(21-12-6-3-7-13-21,22-14-8-4-9-15-22)23-16-10-5-11-17-23/h3-20H,1-2H3. The molecule has 3 nitrogen and oxygen atoms in total. The van der Waals surface area contributed by atoms with Gasteiger partial charge in [-0.05, 0) is 16.7 Å². The summed E-state index contributed by atoms with van der Waals surface area (Å²) < 4.78 is 2.07. The van der Waals surface area contributed by atoms with Gasteiger partial charge in [-0.2, -0.15) is 0 Å². The predicted molar refractivity (Wildman–Crippen MR) is 116 cm³/mol. The maximum absolute atomic E-state index is 12.6. The molecule has 0 aliphatic heterocycles. The summed E-state index contributed by atoms with van der Waals surface area (Å²) in [6.07, 6.45) is 3.66. The monoisotopic (exact) mass is 380 g/mol. The number of carbonyl (C=O) groups excluding carboxylic acids is 1. The molecule has 0 N–H and O–H groups in total. The Hall–Kier alpha value is -3.46. The highest BCUT2D eigenvalue weighted by Crippen LogP contribution is 2.40. The van der Waals surface area contributed by atoms with Crippen LogP contribution in [0.25, 0.3) is 0 Å². The molecule has 4 aromatic rings. The summed E-state index contributed by atoms with van der Waals surface area (Å²) in [6.45, 7) is 3.81. The van der Waals surface area contributed by atoms with E-state index in [0.29, 0.717) is 5.69 Å². The summed E-state index contributed by atoms with van der Waals surface area (Å²) in [4.78, 5) is 17.1. The van der Waals surface area contributed by atoms with Gasteiger partial charge >= 0.3 is 0 Å². The number of ketones is 1. The van der Waals surface area contributed by atoms with Crippen LogP contribution in [0.3, 0.4) is 0 Å². The van der Waals surface area contributed by atoms with E-state index in [4.69, 9.17) is 0 Å². The van der Waals surface area contributed by atoms with Gasteiger partial charge in [0.15, 0.2) is 5.78 Å². The van der Waals surface area contributed by atoms with Crippen molar-refractivity contribution in [1.82, 2.24) is 9.55 Å². The lowest BCUT2D eigenvalue weighted by molar-refractivity contribution is 0.0934. The van der Waals surface area contributed by atoms with Crippen molar-refractivity contribution in [2.45, 2.75) is 19.4 Å². The Bertz CT molecular complexity index is 987. The van der Waals surface area contributed by atoms with Crippen LogP contribution < -0.4 is 0 Å². The van der Waals surface area contributed by atoms with E-state index in [0.717, 1.165) is 16.7 Å². The van der Waals surface area contributed by atoms with Crippen LogP contribution in [0.4, 0.5) is 0 Å². The zero-order valence-corrected chi connectivity index (χ0v) is 16.7. The Morgan fingerprint density at radius 3 is 1.55 bits per heavy atom. The first-order chi connectivity index (χ1) is 14.1. The number of hydrogen-bond donors (Lipinski definition) is 0. The fourth-order valence-corrected chi connectivity index (χ4v) is 3.91. The Balaban J connectivity index is 2.05. The molecule has 0 bridgehead atoms. The van der Waals surface area contributed by atoms with E-state index in [2.05, 4.69) is 45.9 Å². The molecular formula is C26H24N2O. The average molecular weight is 380 g/mol. The molecule has 0 saturated carbocycles. The van der Waals surface area contributed by atoms with E-state index in [1.54, 1.807) is 6.33 Å². The molecule has 29 heavy (non-hydrogen) atoms. The van der Waals surface area contributed by atoms with Crippen LogP contribution in [-0.4, -0.2) is 15.3 Å². The summed E-state index contributed by atoms with van der Waals surface area (Å²) in [6, 6.07) is 31.1. The molecule has 0 atom stereocenters. The SMILES string of the molecule is CC(C)C(=O)c1cn(C(c2ccccc2)(c2ccccc2)c2ccccc2)cn1. The third-order valence-electron chi connectivity index (χ3n) is 5.32. The minimum Gasteiger partial charge on any atom is -0.318 e. The van der Waals surface area contributed by atoms with Crippen molar-refractivity contribution in [3.05, 3.63) is 126 Å². The molecule has 144 valence electrons. The number of aromatic nitrogens is 2. The average Bonchev–Trinajstić information content (AvgIpc) is 3.26. The zero-order chi connectivity index (χ0) is 20.3. The Morgan fingerprint density at radius 2 is 1.17 bits per heavy atom. The van der Waals surface area contributed by atoms with Gasteiger partial charge in [-0.3, -0.25) is 4.79 Å². The van der Waals surface area contributed by atoms with Crippen molar-refractivity contribution in [2.24, 2.45) is 5.92 Å². The Morgan fingerprint density at radius 1 is 0.759 bits per heavy atom. The van der Waals surface area contributed by atoms with Crippen molar-refractivity contribution in [3.63, 3.8) is 0 Å². The molecule has 0 saturated heterocycles. The van der Waals surface area contributed by atoms with E-state index in [1.807, 2.05) is 74.6 Å². The van der Waals surface area contributed by atoms with Crippen molar-refractivity contribution in [3.8, 4) is 0 Å². The van der Waals surface area contributed by atoms with Crippen LogP contribution in [-0.2, 0) is 5.54 Å². The molecule has 1 heterocycles. The Kier molecular flexibility index (Phi) is 5.13. The maximum Gasteiger partial charge on any atom is 0.185 e. The molecule has 0 fully saturated rings. The lowest BCUT2D eigenvalue weighted by Crippen LogP contribution is -2.37. The van der Waals surface area contributed by atoms with Crippen LogP contribution in [0.15, 0.2) is 104 Å². The zero-order valence-electron chi connectivity index (χ0n) is 16.7. The van der Waals surface area contributed by atoms with Crippen molar-refractivity contribution in [2.75, 3.05) is 0 Å². The minimum absolute atomic E-state index is 0.0480. The summed E-state index contributed by atoms with van der Waals surface area (Å²) in [5.41, 5.74) is 3.19. The number of benzene rings is 3. The van der Waals surface area contributed by atoms with Crippen LogP contribution in [0.5, 0.6) is 0 Å². The second-order valence-electron chi connectivity index (χ2n) is 7.49. The second kappa shape index (κ2) is 7.88. The predicted octanol–water partition coefficient (Wildman–Crippen LogP) is 5.56. The summed E-state index contributed by atoms with van der Waals surface area (Å²) >= 11 is 0. The van der Waals surface area contributed by atoms with Crippen LogP contribution in [0.1, 0.15) is 41.0 Å². The largest absolute Gasteiger partial charge is 0.318 e. The van der Waals surface area contributed by atoms with Gasteiger partial charge in [0.05, 0.1) is 6.33 Å². The molecule has 0 unspecified atom stereocenters. The normalized spacial score (nSPS) is 11.6. The number of nitrogens with zero attached hydrogens (tertiary/aromatic N) is 2. The van der Waals surface area contributed by atoms with Crippen LogP contribution in [0.2, 0.25) is 0 Å². The Labute approximate surface area is 171 Å². The van der Waals surface area contributed by atoms with E-state index in [9.17, 15) is 4.79 Å². The lowest BCUT2D eigenvalue weighted by Gasteiger charge is -2.37. The quantitative estimate of drug-likeness (QED) is 0.324. The number of hydrogen-bond acceptors (Lipinski definition) is 2. The molecule has 0 aliphatic carbocycles. The van der Waals surface area contributed by atoms with Gasteiger partial charge in [-0.15, -0.1) is 0 Å². The fraction of sp³-hybridized carbons (Fsp3) is 0.154. The van der Waals surface area contributed by atoms with E-state index in [1.165, 1.54) is 0 Å². The fourth-order valence-electron chi connectivity index (χ4n) is 3.91. The minimum atomic E-state index is -0.633. The van der Waals surface area contributed by atoms with Gasteiger partial charge in [0.1, 0.15) is 11.2 Å². The van der Waals surface area contributed by atoms with Gasteiger partial charge in [0.25, 0.3) is 0 Å². The van der Waals surface area contributed by atoms with Gasteiger partial charge in [0.2, 0.25) is 0 Å². The molecule has 0 aliphatic rings. The number of imidazole rings is 1. The van der Waals surface area contributed by atoms with Gasteiger partial charge in [-0.1, -0.05) is 105 Å². The number of carbonyl (C=O) groups is 1. The summed E-state index contributed by atoms with van der Waals surface area (Å²) in [5, 5.41) is 0. The molecule has 4 rings (SSSR count). The summed E-state index contributed by atoms with van der Waals surface area (Å²) in [5.74, 6) is -0.0511. The first kappa shape index (κ1) is 18.9. The highest BCUT2D eigenvalue weighted by atomic mass is 16.1. The molecule has 3 aromatic carbocycles. The lowest BCUT2D eigenvalue weighted by atomic mass is 9.77. The van der Waals surface area contributed by atoms with Crippen LogP contribution in [0, 0.1) is 5.92 Å². The maximum atomic E-state index is 12.6. The van der Waals surface area contributed by atoms with E-state index >= 15 is 0 Å². The molecule has 3 heteroatoms. The molecule has 0 radical (unpaired) electrons. The van der Waals surface area contributed by atoms with Crippen molar-refractivity contribution in [1.29, 1.82) is 0 Å². The molecule has 0 spiro atoms. The highest BCUT2D eigenvalue weighted by molar-refractivity contribution is 5.95. The van der Waals surface area contributed by atoms with Crippen molar-refractivity contribution >= 4 is 5.78 Å². The van der Waals surface area contributed by atoms with Crippen molar-refractivity contribution < 1.29 is 4.79 Å². The van der Waals surface area contributed by atoms with Gasteiger partial charge < -0.3 is 4.57 Å². The molecular weight excluding hydrogens is 356 g/mol.